The molecule has 0 atom stereocenters. The number of halogens is 2. The van der Waals surface area contributed by atoms with Gasteiger partial charge in [0, 0.05) is 8.95 Å². The largest absolute Gasteiger partial charge is 0.493 e. The molecule has 10 heteroatoms. The Morgan fingerprint density at radius 1 is 0.912 bits per heavy atom. The number of benzene rings is 3. The molecule has 3 aromatic carbocycles. The first kappa shape index (κ1) is 25.1. The van der Waals surface area contributed by atoms with Gasteiger partial charge in [0.25, 0.3) is 11.8 Å². The number of esters is 1. The third kappa shape index (κ3) is 6.75. The van der Waals surface area contributed by atoms with Crippen LogP contribution in [0.4, 0.5) is 0 Å². The number of nitrogens with zero attached hydrogens (tertiary/aromatic N) is 1. The maximum atomic E-state index is 12.4. The number of methoxy groups -OCH3 is 1. The summed E-state index contributed by atoms with van der Waals surface area (Å²) in [5.41, 5.74) is 3.73. The van der Waals surface area contributed by atoms with E-state index in [0.29, 0.717) is 31.4 Å². The molecule has 0 bridgehead atoms. The number of ether oxygens (including phenoxy) is 2. The number of rotatable bonds is 8. The van der Waals surface area contributed by atoms with Crippen molar-refractivity contribution >= 4 is 55.9 Å². The van der Waals surface area contributed by atoms with E-state index in [1.807, 2.05) is 0 Å². The van der Waals surface area contributed by atoms with Gasteiger partial charge in [-0.05, 0) is 79.9 Å². The van der Waals surface area contributed by atoms with E-state index in [4.69, 9.17) is 9.47 Å². The lowest BCUT2D eigenvalue weighted by Crippen LogP contribution is -2.35. The minimum absolute atomic E-state index is 0.235. The number of hydrogen-bond acceptors (Lipinski definition) is 6. The van der Waals surface area contributed by atoms with Crippen LogP contribution in [0.15, 0.2) is 80.8 Å². The molecule has 0 saturated heterocycles. The van der Waals surface area contributed by atoms with Crippen LogP contribution in [0, 0.1) is 0 Å². The van der Waals surface area contributed by atoms with Crippen LogP contribution >= 0.6 is 31.9 Å². The highest BCUT2D eigenvalue weighted by molar-refractivity contribution is 9.10. The minimum Gasteiger partial charge on any atom is -0.493 e. The van der Waals surface area contributed by atoms with Gasteiger partial charge in [0.15, 0.2) is 11.5 Å². The van der Waals surface area contributed by atoms with E-state index < -0.39 is 11.9 Å². The summed E-state index contributed by atoms with van der Waals surface area (Å²) in [6.07, 6.45) is 1.40. The Bertz CT molecular complexity index is 1250. The molecule has 3 aromatic rings. The average molecular weight is 589 g/mol. The number of amides is 2. The van der Waals surface area contributed by atoms with Crippen LogP contribution in [0.2, 0.25) is 0 Å². The van der Waals surface area contributed by atoms with Gasteiger partial charge in [-0.3, -0.25) is 9.59 Å². The molecule has 0 radical (unpaired) electrons. The Morgan fingerprint density at radius 3 is 2.21 bits per heavy atom. The summed E-state index contributed by atoms with van der Waals surface area (Å²) in [7, 11) is 1.45. The second-order valence-corrected chi connectivity index (χ2v) is 8.44. The molecule has 174 valence electrons. The van der Waals surface area contributed by atoms with E-state index in [9.17, 15) is 14.4 Å². The van der Waals surface area contributed by atoms with Crippen molar-refractivity contribution in [1.29, 1.82) is 0 Å². The highest BCUT2D eigenvalue weighted by Gasteiger charge is 2.15. The smallest absolute Gasteiger partial charge is 0.344 e. The molecular formula is C24H19Br2N3O5. The Kier molecular flexibility index (Phi) is 8.94. The fourth-order valence-electron chi connectivity index (χ4n) is 2.75. The van der Waals surface area contributed by atoms with E-state index >= 15 is 0 Å². The summed E-state index contributed by atoms with van der Waals surface area (Å²) in [6, 6.07) is 18.6. The first-order chi connectivity index (χ1) is 16.4. The Hall–Kier alpha value is -3.50. The van der Waals surface area contributed by atoms with Gasteiger partial charge in [0.2, 0.25) is 0 Å². The van der Waals surface area contributed by atoms with Crippen LogP contribution in [0.5, 0.6) is 11.5 Å². The molecule has 0 fully saturated rings. The van der Waals surface area contributed by atoms with Crippen molar-refractivity contribution in [2.45, 2.75) is 0 Å². The summed E-state index contributed by atoms with van der Waals surface area (Å²) in [5.74, 6) is -0.869. The maximum absolute atomic E-state index is 12.4. The molecule has 2 amide bonds. The number of carbonyl (C=O) groups excluding carboxylic acids is 3. The lowest BCUT2D eigenvalue weighted by atomic mass is 10.2. The second kappa shape index (κ2) is 12.1. The second-order valence-electron chi connectivity index (χ2n) is 6.74. The Labute approximate surface area is 212 Å². The van der Waals surface area contributed by atoms with Gasteiger partial charge in [-0.1, -0.05) is 24.3 Å². The molecule has 0 spiro atoms. The summed E-state index contributed by atoms with van der Waals surface area (Å²) < 4.78 is 12.0. The van der Waals surface area contributed by atoms with Crippen LogP contribution in [-0.4, -0.2) is 37.7 Å². The minimum atomic E-state index is -0.538. The van der Waals surface area contributed by atoms with Gasteiger partial charge in [0.05, 0.1) is 31.0 Å². The van der Waals surface area contributed by atoms with Gasteiger partial charge in [0.1, 0.15) is 0 Å². The molecule has 0 heterocycles. The molecule has 0 aromatic heterocycles. The normalized spacial score (nSPS) is 10.6. The standard InChI is InChI=1S/C24H19Br2N3O5/c1-33-21-12-15(10-11-20(21)34-24(32)17-7-3-5-9-19(17)26)13-28-29-22(30)14-27-23(31)16-6-2-4-8-18(16)25/h2-13H,14H2,1H3,(H,27,31)(H,29,30). The Morgan fingerprint density at radius 2 is 1.56 bits per heavy atom. The lowest BCUT2D eigenvalue weighted by Gasteiger charge is -2.10. The average Bonchev–Trinajstić information content (AvgIpc) is 2.83. The van der Waals surface area contributed by atoms with Crippen LogP contribution in [0.3, 0.4) is 0 Å². The lowest BCUT2D eigenvalue weighted by molar-refractivity contribution is -0.120. The van der Waals surface area contributed by atoms with E-state index in [1.54, 1.807) is 66.7 Å². The summed E-state index contributed by atoms with van der Waals surface area (Å²) >= 11 is 6.61. The summed E-state index contributed by atoms with van der Waals surface area (Å²) in [6.45, 7) is -0.245. The maximum Gasteiger partial charge on any atom is 0.344 e. The first-order valence-corrected chi connectivity index (χ1v) is 11.5. The molecule has 0 saturated carbocycles. The molecule has 0 aliphatic carbocycles. The fourth-order valence-corrected chi connectivity index (χ4v) is 3.66. The van der Waals surface area contributed by atoms with Gasteiger partial charge in [-0.25, -0.2) is 10.2 Å². The molecule has 3 rings (SSSR count). The molecular weight excluding hydrogens is 570 g/mol. The monoisotopic (exact) mass is 587 g/mol. The van der Waals surface area contributed by atoms with E-state index in [1.165, 1.54) is 13.3 Å². The topological polar surface area (TPSA) is 106 Å². The van der Waals surface area contributed by atoms with Crippen LogP contribution in [0.25, 0.3) is 0 Å². The van der Waals surface area contributed by atoms with Gasteiger partial charge in [-0.2, -0.15) is 5.10 Å². The van der Waals surface area contributed by atoms with Gasteiger partial charge >= 0.3 is 5.97 Å². The predicted octanol–water partition coefficient (Wildman–Crippen LogP) is 4.32. The zero-order valence-corrected chi connectivity index (χ0v) is 21.1. The summed E-state index contributed by atoms with van der Waals surface area (Å²) in [5, 5.41) is 6.40. The quantitative estimate of drug-likeness (QED) is 0.176. The predicted molar refractivity (Wildman–Crippen MR) is 134 cm³/mol. The van der Waals surface area contributed by atoms with Crippen LogP contribution < -0.4 is 20.2 Å². The molecule has 2 N–H and O–H groups in total. The summed E-state index contributed by atoms with van der Waals surface area (Å²) in [4.78, 5) is 36.6. The van der Waals surface area contributed by atoms with Gasteiger partial charge in [-0.15, -0.1) is 0 Å². The van der Waals surface area contributed by atoms with Gasteiger partial charge < -0.3 is 14.8 Å². The Balaban J connectivity index is 1.56. The molecule has 34 heavy (non-hydrogen) atoms. The van der Waals surface area contributed by atoms with Crippen LogP contribution in [-0.2, 0) is 4.79 Å². The third-order valence-corrected chi connectivity index (χ3v) is 5.80. The first-order valence-electron chi connectivity index (χ1n) is 9.88. The molecule has 0 unspecified atom stereocenters. The van der Waals surface area contributed by atoms with Crippen molar-refractivity contribution in [3.63, 3.8) is 0 Å². The highest BCUT2D eigenvalue weighted by atomic mass is 79.9. The zero-order chi connectivity index (χ0) is 24.5. The van der Waals surface area contributed by atoms with E-state index in [0.717, 1.165) is 0 Å². The van der Waals surface area contributed by atoms with E-state index in [2.05, 4.69) is 47.7 Å². The van der Waals surface area contributed by atoms with Crippen molar-refractivity contribution in [2.24, 2.45) is 5.10 Å². The highest BCUT2D eigenvalue weighted by Crippen LogP contribution is 2.29. The number of carbonyl (C=O) groups is 3. The van der Waals surface area contributed by atoms with Crippen molar-refractivity contribution in [3.05, 3.63) is 92.4 Å². The fraction of sp³-hybridized carbons (Fsp3) is 0.0833. The SMILES string of the molecule is COc1cc(C=NNC(=O)CNC(=O)c2ccccc2Br)ccc1OC(=O)c1ccccc1Br. The molecule has 8 nitrogen and oxygen atoms in total. The number of hydrogen-bond donors (Lipinski definition) is 2. The zero-order valence-electron chi connectivity index (χ0n) is 17.9. The number of nitrogens with one attached hydrogen (secondary N) is 2. The molecule has 0 aliphatic heterocycles. The van der Waals surface area contributed by atoms with Crippen LogP contribution in [0.1, 0.15) is 26.3 Å². The molecule has 0 aliphatic rings. The van der Waals surface area contributed by atoms with E-state index in [-0.39, 0.29) is 18.2 Å². The number of hydrazone groups is 1. The van der Waals surface area contributed by atoms with Crippen molar-refractivity contribution in [1.82, 2.24) is 10.7 Å². The van der Waals surface area contributed by atoms with Crippen molar-refractivity contribution < 1.29 is 23.9 Å². The third-order valence-electron chi connectivity index (χ3n) is 4.41. The van der Waals surface area contributed by atoms with Crippen molar-refractivity contribution in [2.75, 3.05) is 13.7 Å². The van der Waals surface area contributed by atoms with Crippen molar-refractivity contribution in [3.8, 4) is 11.5 Å².